The van der Waals surface area contributed by atoms with Crippen LogP contribution in [0.15, 0.2) is 53.4 Å². The molecule has 1 saturated carbocycles. The van der Waals surface area contributed by atoms with Crippen molar-refractivity contribution >= 4 is 33.2 Å². The van der Waals surface area contributed by atoms with E-state index in [0.29, 0.717) is 22.2 Å². The molecule has 2 aromatic rings. The van der Waals surface area contributed by atoms with Gasteiger partial charge in [0.1, 0.15) is 0 Å². The summed E-state index contributed by atoms with van der Waals surface area (Å²) >= 11 is 5.96. The molecule has 1 amide bonds. The fourth-order valence-corrected chi connectivity index (χ4v) is 4.19. The number of halogens is 1. The van der Waals surface area contributed by atoms with Crippen molar-refractivity contribution < 1.29 is 13.2 Å². The first-order valence-corrected chi connectivity index (χ1v) is 10.3. The van der Waals surface area contributed by atoms with E-state index in [0.717, 1.165) is 17.1 Å². The highest BCUT2D eigenvalue weighted by Gasteiger charge is 2.29. The van der Waals surface area contributed by atoms with Gasteiger partial charge in [-0.25, -0.2) is 8.42 Å². The minimum atomic E-state index is -3.80. The summed E-state index contributed by atoms with van der Waals surface area (Å²) in [5, 5.41) is 3.39. The van der Waals surface area contributed by atoms with Crippen LogP contribution < -0.4 is 9.62 Å². The number of hydrogen-bond acceptors (Lipinski definition) is 3. The lowest BCUT2D eigenvalue weighted by Crippen LogP contribution is -2.34. The monoisotopic (exact) mass is 392 g/mol. The summed E-state index contributed by atoms with van der Waals surface area (Å²) in [7, 11) is -2.34. The third-order valence-electron chi connectivity index (χ3n) is 4.61. The molecule has 2 aromatic carbocycles. The summed E-state index contributed by atoms with van der Waals surface area (Å²) in [4.78, 5) is 12.5. The minimum absolute atomic E-state index is 0.0618. The molecule has 1 N–H and O–H groups in total. The quantitative estimate of drug-likeness (QED) is 0.815. The second kappa shape index (κ2) is 7.29. The molecule has 0 saturated heterocycles. The Kier molecular flexibility index (Phi) is 5.25. The Morgan fingerprint density at radius 2 is 1.88 bits per heavy atom. The predicted octanol–water partition coefficient (Wildman–Crippen LogP) is 3.69. The summed E-state index contributed by atoms with van der Waals surface area (Å²) < 4.78 is 27.0. The number of hydrogen-bond donors (Lipinski definition) is 1. The third-order valence-corrected chi connectivity index (χ3v) is 6.63. The number of carbonyl (C=O) groups is 1. The Labute approximate surface area is 159 Å². The van der Waals surface area contributed by atoms with Crippen molar-refractivity contribution in [1.29, 1.82) is 0 Å². The van der Waals surface area contributed by atoms with Crippen LogP contribution in [0.25, 0.3) is 0 Å². The molecule has 138 valence electrons. The zero-order chi connectivity index (χ0) is 18.9. The SMILES string of the molecule is C[C@H](NC(=O)c1cccc(S(=O)(=O)N(C)c2cccc(Cl)c2)c1)C1CC1. The highest BCUT2D eigenvalue weighted by atomic mass is 35.5. The smallest absolute Gasteiger partial charge is 0.264 e. The highest BCUT2D eigenvalue weighted by Crippen LogP contribution is 2.32. The van der Waals surface area contributed by atoms with Crippen LogP contribution in [0, 0.1) is 5.92 Å². The maximum atomic E-state index is 12.9. The van der Waals surface area contributed by atoms with Gasteiger partial charge in [-0.15, -0.1) is 0 Å². The van der Waals surface area contributed by atoms with Crippen LogP contribution in [0.4, 0.5) is 5.69 Å². The number of carbonyl (C=O) groups excluding carboxylic acids is 1. The number of amides is 1. The molecule has 1 aliphatic carbocycles. The van der Waals surface area contributed by atoms with Gasteiger partial charge in [0.15, 0.2) is 0 Å². The summed E-state index contributed by atoms with van der Waals surface area (Å²) in [6.45, 7) is 1.98. The summed E-state index contributed by atoms with van der Waals surface area (Å²) in [6, 6.07) is 12.8. The van der Waals surface area contributed by atoms with Gasteiger partial charge in [-0.2, -0.15) is 0 Å². The molecule has 0 bridgehead atoms. The number of nitrogens with zero attached hydrogens (tertiary/aromatic N) is 1. The fourth-order valence-electron chi connectivity index (χ4n) is 2.77. The molecule has 5 nitrogen and oxygen atoms in total. The lowest BCUT2D eigenvalue weighted by Gasteiger charge is -2.20. The standard InChI is InChI=1S/C19H21ClN2O3S/c1-13(14-9-10-14)21-19(23)15-5-3-8-18(11-15)26(24,25)22(2)17-7-4-6-16(20)12-17/h3-8,11-14H,9-10H2,1-2H3,(H,21,23)/t13-/m0/s1. The maximum absolute atomic E-state index is 12.9. The van der Waals surface area contributed by atoms with E-state index in [9.17, 15) is 13.2 Å². The van der Waals surface area contributed by atoms with E-state index in [1.54, 1.807) is 36.4 Å². The van der Waals surface area contributed by atoms with E-state index in [1.807, 2.05) is 6.92 Å². The largest absolute Gasteiger partial charge is 0.349 e. The van der Waals surface area contributed by atoms with E-state index < -0.39 is 10.0 Å². The summed E-state index contributed by atoms with van der Waals surface area (Å²) in [5.74, 6) is 0.270. The molecule has 0 aromatic heterocycles. The van der Waals surface area contributed by atoms with Crippen molar-refractivity contribution in [3.63, 3.8) is 0 Å². The van der Waals surface area contributed by atoms with Gasteiger partial charge in [0.05, 0.1) is 10.6 Å². The molecule has 3 rings (SSSR count). The number of benzene rings is 2. The average Bonchev–Trinajstić information content (AvgIpc) is 3.46. The molecule has 0 heterocycles. The minimum Gasteiger partial charge on any atom is -0.349 e. The van der Waals surface area contributed by atoms with E-state index in [4.69, 9.17) is 11.6 Å². The molecule has 1 atom stereocenters. The van der Waals surface area contributed by atoms with Gasteiger partial charge >= 0.3 is 0 Å². The van der Waals surface area contributed by atoms with Gasteiger partial charge in [0, 0.05) is 23.7 Å². The molecule has 0 spiro atoms. The van der Waals surface area contributed by atoms with Gasteiger partial charge in [0.25, 0.3) is 15.9 Å². The number of sulfonamides is 1. The predicted molar refractivity (Wildman–Crippen MR) is 103 cm³/mol. The molecule has 26 heavy (non-hydrogen) atoms. The maximum Gasteiger partial charge on any atom is 0.264 e. The van der Waals surface area contributed by atoms with Crippen molar-refractivity contribution in [1.82, 2.24) is 5.32 Å². The Morgan fingerprint density at radius 3 is 2.54 bits per heavy atom. The van der Waals surface area contributed by atoms with Gasteiger partial charge in [-0.05, 0) is 62.1 Å². The first-order valence-electron chi connectivity index (χ1n) is 8.44. The lowest BCUT2D eigenvalue weighted by atomic mass is 10.1. The molecule has 1 aliphatic rings. The Bertz CT molecular complexity index is 926. The van der Waals surface area contributed by atoms with Crippen LogP contribution in [-0.4, -0.2) is 27.4 Å². The van der Waals surface area contributed by atoms with Crippen molar-refractivity contribution in [2.45, 2.75) is 30.7 Å². The van der Waals surface area contributed by atoms with Crippen molar-refractivity contribution in [2.75, 3.05) is 11.4 Å². The molecule has 0 unspecified atom stereocenters. The van der Waals surface area contributed by atoms with Crippen LogP contribution >= 0.6 is 11.6 Å². The zero-order valence-electron chi connectivity index (χ0n) is 14.6. The molecule has 7 heteroatoms. The second-order valence-corrected chi connectivity index (χ2v) is 8.99. The van der Waals surface area contributed by atoms with Crippen molar-refractivity contribution in [3.8, 4) is 0 Å². The Hall–Kier alpha value is -2.05. The van der Waals surface area contributed by atoms with Crippen LogP contribution in [0.3, 0.4) is 0 Å². The first kappa shape index (κ1) is 18.7. The van der Waals surface area contributed by atoms with Gasteiger partial charge in [-0.3, -0.25) is 9.10 Å². The van der Waals surface area contributed by atoms with Crippen LogP contribution in [0.5, 0.6) is 0 Å². The van der Waals surface area contributed by atoms with E-state index in [2.05, 4.69) is 5.32 Å². The molecular formula is C19H21ClN2O3S. The van der Waals surface area contributed by atoms with Gasteiger partial charge < -0.3 is 5.32 Å². The van der Waals surface area contributed by atoms with E-state index in [1.165, 1.54) is 19.2 Å². The molecule has 0 aliphatic heterocycles. The third kappa shape index (κ3) is 4.02. The molecule has 1 fully saturated rings. The lowest BCUT2D eigenvalue weighted by molar-refractivity contribution is 0.0935. The summed E-state index contributed by atoms with van der Waals surface area (Å²) in [5.41, 5.74) is 0.785. The number of anilines is 1. The highest BCUT2D eigenvalue weighted by molar-refractivity contribution is 7.92. The average molecular weight is 393 g/mol. The number of rotatable bonds is 6. The topological polar surface area (TPSA) is 66.5 Å². The second-order valence-electron chi connectivity index (χ2n) is 6.58. The normalized spacial score (nSPS) is 15.3. The van der Waals surface area contributed by atoms with Gasteiger partial charge in [-0.1, -0.05) is 23.7 Å². The number of nitrogens with one attached hydrogen (secondary N) is 1. The van der Waals surface area contributed by atoms with E-state index >= 15 is 0 Å². The van der Waals surface area contributed by atoms with Crippen molar-refractivity contribution in [2.24, 2.45) is 5.92 Å². The van der Waals surface area contributed by atoms with E-state index in [-0.39, 0.29) is 16.8 Å². The van der Waals surface area contributed by atoms with Crippen molar-refractivity contribution in [3.05, 3.63) is 59.1 Å². The van der Waals surface area contributed by atoms with Crippen LogP contribution in [-0.2, 0) is 10.0 Å². The zero-order valence-corrected chi connectivity index (χ0v) is 16.2. The summed E-state index contributed by atoms with van der Waals surface area (Å²) in [6.07, 6.45) is 2.25. The molecule has 0 radical (unpaired) electrons. The fraction of sp³-hybridized carbons (Fsp3) is 0.316. The van der Waals surface area contributed by atoms with Crippen LogP contribution in [0.1, 0.15) is 30.1 Å². The molecular weight excluding hydrogens is 372 g/mol. The first-order chi connectivity index (χ1) is 12.3. The Morgan fingerprint density at radius 1 is 1.19 bits per heavy atom. The van der Waals surface area contributed by atoms with Gasteiger partial charge in [0.2, 0.25) is 0 Å². The van der Waals surface area contributed by atoms with Crippen LogP contribution in [0.2, 0.25) is 5.02 Å². The Balaban J connectivity index is 1.84.